The zero-order valence-corrected chi connectivity index (χ0v) is 16.1. The second kappa shape index (κ2) is 7.48. The van der Waals surface area contributed by atoms with E-state index in [-0.39, 0.29) is 17.9 Å². The summed E-state index contributed by atoms with van der Waals surface area (Å²) in [6.45, 7) is 1.58. The number of hydrogen-bond acceptors (Lipinski definition) is 5. The van der Waals surface area contributed by atoms with Crippen molar-refractivity contribution in [3.05, 3.63) is 92.5 Å². The maximum atomic E-state index is 12.8. The van der Waals surface area contributed by atoms with Crippen molar-refractivity contribution in [2.24, 2.45) is 0 Å². The molecule has 0 spiro atoms. The lowest BCUT2D eigenvalue weighted by atomic mass is 9.97. The van der Waals surface area contributed by atoms with E-state index in [1.807, 2.05) is 24.3 Å². The Balaban J connectivity index is 1.67. The first kappa shape index (κ1) is 18.8. The topological polar surface area (TPSA) is 86.2 Å². The van der Waals surface area contributed by atoms with Crippen LogP contribution in [0.15, 0.2) is 65.1 Å². The minimum absolute atomic E-state index is 0.0703. The summed E-state index contributed by atoms with van der Waals surface area (Å²) in [4.78, 5) is 27.9. The predicted molar refractivity (Wildman–Crippen MR) is 110 cm³/mol. The Kier molecular flexibility index (Phi) is 4.86. The van der Waals surface area contributed by atoms with Gasteiger partial charge in [-0.05, 0) is 36.8 Å². The molecule has 0 saturated carbocycles. The normalized spacial score (nSPS) is 11.0. The van der Waals surface area contributed by atoms with Crippen molar-refractivity contribution in [2.75, 3.05) is 0 Å². The van der Waals surface area contributed by atoms with Crippen LogP contribution in [-0.2, 0) is 6.42 Å². The third-order valence-corrected chi connectivity index (χ3v) is 5.05. The Morgan fingerprint density at radius 2 is 1.93 bits per heavy atom. The number of carbonyl (C=O) groups excluding carboxylic acids is 1. The highest BCUT2D eigenvalue weighted by Crippen LogP contribution is 2.31. The van der Waals surface area contributed by atoms with Crippen LogP contribution in [0.4, 0.5) is 5.69 Å². The number of ketones is 1. The van der Waals surface area contributed by atoms with Crippen LogP contribution in [0.3, 0.4) is 0 Å². The van der Waals surface area contributed by atoms with Gasteiger partial charge < -0.3 is 4.42 Å². The maximum Gasteiger partial charge on any atom is 0.273 e. The minimum atomic E-state index is -0.486. The molecule has 0 unspecified atom stereocenters. The number of benzene rings is 3. The molecule has 0 aliphatic carbocycles. The van der Waals surface area contributed by atoms with Gasteiger partial charge in [0.05, 0.1) is 15.5 Å². The van der Waals surface area contributed by atoms with Crippen LogP contribution in [0.2, 0.25) is 5.02 Å². The summed E-state index contributed by atoms with van der Waals surface area (Å²) < 4.78 is 5.79. The van der Waals surface area contributed by atoms with Crippen LogP contribution in [0.1, 0.15) is 21.5 Å². The molecule has 0 aliphatic rings. The number of aromatic nitrogens is 1. The summed E-state index contributed by atoms with van der Waals surface area (Å²) in [5, 5.41) is 11.6. The molecular weight excluding hydrogens is 392 g/mol. The van der Waals surface area contributed by atoms with E-state index in [0.29, 0.717) is 44.3 Å². The molecule has 0 N–H and O–H groups in total. The van der Waals surface area contributed by atoms with Gasteiger partial charge in [-0.1, -0.05) is 41.9 Å². The van der Waals surface area contributed by atoms with E-state index in [9.17, 15) is 14.9 Å². The van der Waals surface area contributed by atoms with Gasteiger partial charge in [0, 0.05) is 23.6 Å². The van der Waals surface area contributed by atoms with E-state index in [1.54, 1.807) is 31.2 Å². The fourth-order valence-electron chi connectivity index (χ4n) is 3.24. The van der Waals surface area contributed by atoms with Crippen molar-refractivity contribution < 1.29 is 14.1 Å². The number of carbonyl (C=O) groups is 1. The monoisotopic (exact) mass is 406 g/mol. The molecule has 4 aromatic rings. The number of oxazole rings is 1. The molecule has 0 aliphatic heterocycles. The van der Waals surface area contributed by atoms with E-state index in [4.69, 9.17) is 16.0 Å². The van der Waals surface area contributed by atoms with Gasteiger partial charge in [0.1, 0.15) is 5.52 Å². The molecule has 0 radical (unpaired) electrons. The van der Waals surface area contributed by atoms with Gasteiger partial charge in [0.25, 0.3) is 5.69 Å². The molecule has 1 aromatic heterocycles. The van der Waals surface area contributed by atoms with E-state index >= 15 is 0 Å². The number of fused-ring (bicyclic) bond motifs is 1. The Bertz CT molecular complexity index is 1230. The number of nitro groups is 1. The average Bonchev–Trinajstić information content (AvgIpc) is 3.13. The van der Waals surface area contributed by atoms with E-state index in [0.717, 1.165) is 0 Å². The average molecular weight is 407 g/mol. The molecule has 29 heavy (non-hydrogen) atoms. The van der Waals surface area contributed by atoms with Crippen molar-refractivity contribution in [3.8, 4) is 11.5 Å². The highest BCUT2D eigenvalue weighted by Gasteiger charge is 2.19. The van der Waals surface area contributed by atoms with E-state index in [2.05, 4.69) is 4.98 Å². The molecule has 1 heterocycles. The second-order valence-corrected chi connectivity index (χ2v) is 7.01. The summed E-state index contributed by atoms with van der Waals surface area (Å²) in [6.07, 6.45) is 0.0758. The first-order valence-corrected chi connectivity index (χ1v) is 9.23. The molecule has 3 aromatic carbocycles. The summed E-state index contributed by atoms with van der Waals surface area (Å²) in [7, 11) is 0. The molecule has 144 valence electrons. The first-order chi connectivity index (χ1) is 13.9. The lowest BCUT2D eigenvalue weighted by Crippen LogP contribution is -2.07. The molecule has 0 atom stereocenters. The van der Waals surface area contributed by atoms with E-state index < -0.39 is 4.92 Å². The molecule has 0 fully saturated rings. The summed E-state index contributed by atoms with van der Waals surface area (Å²) in [5.74, 6) is 0.161. The molecule has 0 amide bonds. The van der Waals surface area contributed by atoms with Gasteiger partial charge in [-0.15, -0.1) is 0 Å². The van der Waals surface area contributed by atoms with Gasteiger partial charge in [-0.3, -0.25) is 14.9 Å². The van der Waals surface area contributed by atoms with Crippen molar-refractivity contribution >= 4 is 34.2 Å². The van der Waals surface area contributed by atoms with Gasteiger partial charge in [0.2, 0.25) is 5.89 Å². The molecule has 4 rings (SSSR count). The highest BCUT2D eigenvalue weighted by atomic mass is 35.5. The standard InChI is InChI=1S/C22H15ClN2O4/c1-13-15(5-4-7-19(13)25(27)28)20(26)12-14-9-10-17(23)16(11-14)22-24-18-6-2-3-8-21(18)29-22/h2-11H,12H2,1H3. The quantitative estimate of drug-likeness (QED) is 0.238. The molecule has 0 bridgehead atoms. The largest absolute Gasteiger partial charge is 0.436 e. The number of Topliss-reactive ketones (excluding diaryl/α,β-unsaturated/α-hetero) is 1. The fourth-order valence-corrected chi connectivity index (χ4v) is 3.44. The van der Waals surface area contributed by atoms with Gasteiger partial charge in [0.15, 0.2) is 11.4 Å². The Labute approximate surface area is 170 Å². The van der Waals surface area contributed by atoms with Crippen molar-refractivity contribution in [3.63, 3.8) is 0 Å². The molecule has 7 heteroatoms. The third-order valence-electron chi connectivity index (χ3n) is 4.72. The van der Waals surface area contributed by atoms with Crippen LogP contribution in [0, 0.1) is 17.0 Å². The summed E-state index contributed by atoms with van der Waals surface area (Å²) in [6, 6.07) is 17.1. The number of halogens is 1. The molecule has 0 saturated heterocycles. The van der Waals surface area contributed by atoms with Crippen molar-refractivity contribution in [2.45, 2.75) is 13.3 Å². The van der Waals surface area contributed by atoms with Crippen LogP contribution in [-0.4, -0.2) is 15.7 Å². The second-order valence-electron chi connectivity index (χ2n) is 6.61. The smallest absolute Gasteiger partial charge is 0.273 e. The zero-order chi connectivity index (χ0) is 20.5. The SMILES string of the molecule is Cc1c(C(=O)Cc2ccc(Cl)c(-c3nc4ccccc4o3)c2)cccc1[N+](=O)[O-]. The number of nitro benzene ring substituents is 1. The minimum Gasteiger partial charge on any atom is -0.436 e. The Morgan fingerprint density at radius 1 is 1.14 bits per heavy atom. The maximum absolute atomic E-state index is 12.8. The predicted octanol–water partition coefficient (Wildman–Crippen LogP) is 5.79. The lowest BCUT2D eigenvalue weighted by molar-refractivity contribution is -0.385. The highest BCUT2D eigenvalue weighted by molar-refractivity contribution is 6.33. The van der Waals surface area contributed by atoms with E-state index in [1.165, 1.54) is 12.1 Å². The molecule has 6 nitrogen and oxygen atoms in total. The van der Waals surface area contributed by atoms with Gasteiger partial charge >= 0.3 is 0 Å². The first-order valence-electron chi connectivity index (χ1n) is 8.85. The third kappa shape index (κ3) is 3.62. The zero-order valence-electron chi connectivity index (χ0n) is 15.4. The Hall–Kier alpha value is -3.51. The van der Waals surface area contributed by atoms with Gasteiger partial charge in [-0.2, -0.15) is 0 Å². The van der Waals surface area contributed by atoms with Crippen molar-refractivity contribution in [1.29, 1.82) is 0 Å². The van der Waals surface area contributed by atoms with Crippen LogP contribution < -0.4 is 0 Å². The summed E-state index contributed by atoms with van der Waals surface area (Å²) >= 11 is 6.33. The number of nitrogens with zero attached hydrogens (tertiary/aromatic N) is 2. The number of rotatable bonds is 5. The summed E-state index contributed by atoms with van der Waals surface area (Å²) in [5.41, 5.74) is 3.28. The van der Waals surface area contributed by atoms with Gasteiger partial charge in [-0.25, -0.2) is 4.98 Å². The molecular formula is C22H15ClN2O4. The number of hydrogen-bond donors (Lipinski definition) is 0. The lowest BCUT2D eigenvalue weighted by Gasteiger charge is -2.07. The Morgan fingerprint density at radius 3 is 2.69 bits per heavy atom. The van der Waals surface area contributed by atoms with Crippen LogP contribution in [0.25, 0.3) is 22.6 Å². The fraction of sp³-hybridized carbons (Fsp3) is 0.0909. The van der Waals surface area contributed by atoms with Crippen LogP contribution >= 0.6 is 11.6 Å². The van der Waals surface area contributed by atoms with Crippen molar-refractivity contribution in [1.82, 2.24) is 4.98 Å². The van der Waals surface area contributed by atoms with Crippen LogP contribution in [0.5, 0.6) is 0 Å². The number of para-hydroxylation sites is 2.